The van der Waals surface area contributed by atoms with Crippen LogP contribution in [0.25, 0.3) is 0 Å². The molecule has 11 heteroatoms. The number of nitriles is 1. The highest BCUT2D eigenvalue weighted by atomic mass is 19.4. The number of benzene rings is 1. The molecule has 27 heavy (non-hydrogen) atoms. The summed E-state index contributed by atoms with van der Waals surface area (Å²) in [4.78, 5) is 12.0. The van der Waals surface area contributed by atoms with Gasteiger partial charge in [-0.25, -0.2) is 0 Å². The SMILES string of the molecule is CC1=CC(C(F)(F)F)(C(F)(F)F)C(C#N)=C(N)N1c1ccc(C(N)=O)cc1. The molecule has 144 valence electrons. The van der Waals surface area contributed by atoms with Crippen LogP contribution in [0, 0.1) is 16.7 Å². The standard InChI is InChI=1S/C16H12F6N4O/c1-8-6-14(15(17,18)19,16(20,21)22)11(7-23)12(24)26(8)10-4-2-9(3-5-10)13(25)27/h2-6H,24H2,1H3,(H2,25,27). The summed E-state index contributed by atoms with van der Waals surface area (Å²) in [6.45, 7) is 0.995. The van der Waals surface area contributed by atoms with Gasteiger partial charge in [-0.05, 0) is 37.3 Å². The Morgan fingerprint density at radius 3 is 1.96 bits per heavy atom. The van der Waals surface area contributed by atoms with E-state index in [4.69, 9.17) is 16.7 Å². The van der Waals surface area contributed by atoms with Crippen molar-refractivity contribution in [3.05, 3.63) is 53.0 Å². The molecule has 2 rings (SSSR count). The van der Waals surface area contributed by atoms with Crippen LogP contribution >= 0.6 is 0 Å². The second-order valence-corrected chi connectivity index (χ2v) is 5.71. The predicted octanol–water partition coefficient (Wildman–Crippen LogP) is 3.31. The number of allylic oxidation sites excluding steroid dienone is 3. The fourth-order valence-corrected chi connectivity index (χ4v) is 2.82. The summed E-state index contributed by atoms with van der Waals surface area (Å²) in [6.07, 6.45) is -11.8. The van der Waals surface area contributed by atoms with Crippen molar-refractivity contribution in [2.75, 3.05) is 4.90 Å². The highest BCUT2D eigenvalue weighted by Crippen LogP contribution is 2.58. The van der Waals surface area contributed by atoms with E-state index in [1.54, 1.807) is 0 Å². The van der Waals surface area contributed by atoms with Gasteiger partial charge in [0.15, 0.2) is 0 Å². The number of halogens is 6. The predicted molar refractivity (Wildman–Crippen MR) is 82.6 cm³/mol. The molecule has 0 aliphatic carbocycles. The number of anilines is 1. The molecular weight excluding hydrogens is 378 g/mol. The van der Waals surface area contributed by atoms with Crippen LogP contribution < -0.4 is 16.4 Å². The zero-order valence-corrected chi connectivity index (χ0v) is 13.6. The largest absolute Gasteiger partial charge is 0.411 e. The third-order valence-electron chi connectivity index (χ3n) is 4.09. The molecule has 0 unspecified atom stereocenters. The zero-order valence-electron chi connectivity index (χ0n) is 13.6. The number of hydrogen-bond acceptors (Lipinski definition) is 4. The van der Waals surface area contributed by atoms with Crippen molar-refractivity contribution in [2.45, 2.75) is 19.3 Å². The van der Waals surface area contributed by atoms with Gasteiger partial charge in [0.05, 0.1) is 5.57 Å². The molecule has 0 aromatic heterocycles. The first-order valence-corrected chi connectivity index (χ1v) is 7.21. The Morgan fingerprint density at radius 1 is 1.11 bits per heavy atom. The summed E-state index contributed by atoms with van der Waals surface area (Å²) in [5.41, 5.74) is 4.08. The fraction of sp³-hybridized carbons (Fsp3) is 0.250. The van der Waals surface area contributed by atoms with Crippen LogP contribution in [0.4, 0.5) is 32.0 Å². The van der Waals surface area contributed by atoms with E-state index in [1.807, 2.05) is 0 Å². The third-order valence-corrected chi connectivity index (χ3v) is 4.09. The highest BCUT2D eigenvalue weighted by molar-refractivity contribution is 5.93. The van der Waals surface area contributed by atoms with E-state index < -0.39 is 40.8 Å². The van der Waals surface area contributed by atoms with Gasteiger partial charge in [-0.15, -0.1) is 0 Å². The van der Waals surface area contributed by atoms with Crippen LogP contribution in [0.5, 0.6) is 0 Å². The molecule has 0 atom stereocenters. The zero-order chi connectivity index (χ0) is 20.8. The Hall–Kier alpha value is -3.16. The maximum absolute atomic E-state index is 13.5. The van der Waals surface area contributed by atoms with Crippen LogP contribution in [0.2, 0.25) is 0 Å². The highest BCUT2D eigenvalue weighted by Gasteiger charge is 2.73. The van der Waals surface area contributed by atoms with Crippen molar-refractivity contribution in [3.63, 3.8) is 0 Å². The number of nitrogens with two attached hydrogens (primary N) is 2. The van der Waals surface area contributed by atoms with E-state index >= 15 is 0 Å². The normalized spacial score (nSPS) is 17.4. The van der Waals surface area contributed by atoms with Crippen molar-refractivity contribution in [3.8, 4) is 6.07 Å². The number of carbonyl (C=O) groups excluding carboxylic acids is 1. The summed E-state index contributed by atoms with van der Waals surface area (Å²) >= 11 is 0. The van der Waals surface area contributed by atoms with Gasteiger partial charge < -0.3 is 16.4 Å². The molecule has 1 amide bonds. The maximum Gasteiger partial charge on any atom is 0.411 e. The molecule has 0 bridgehead atoms. The van der Waals surface area contributed by atoms with Crippen LogP contribution in [0.1, 0.15) is 17.3 Å². The van der Waals surface area contributed by atoms with Gasteiger partial charge in [-0.3, -0.25) is 4.79 Å². The van der Waals surface area contributed by atoms with Crippen molar-refractivity contribution in [1.29, 1.82) is 5.26 Å². The first-order valence-electron chi connectivity index (χ1n) is 7.21. The Bertz CT molecular complexity index is 860. The van der Waals surface area contributed by atoms with Crippen molar-refractivity contribution in [2.24, 2.45) is 16.9 Å². The Balaban J connectivity index is 2.74. The Kier molecular flexibility index (Phi) is 4.65. The van der Waals surface area contributed by atoms with Crippen LogP contribution in [-0.2, 0) is 0 Å². The van der Waals surface area contributed by atoms with Crippen LogP contribution in [0.15, 0.2) is 47.4 Å². The quantitative estimate of drug-likeness (QED) is 0.758. The number of amides is 1. The molecule has 1 aromatic rings. The maximum atomic E-state index is 13.5. The first-order chi connectivity index (χ1) is 12.3. The number of alkyl halides is 6. The summed E-state index contributed by atoms with van der Waals surface area (Å²) in [6, 6.07) is 5.86. The fourth-order valence-electron chi connectivity index (χ4n) is 2.82. The summed E-state index contributed by atoms with van der Waals surface area (Å²) in [5, 5.41) is 9.09. The summed E-state index contributed by atoms with van der Waals surface area (Å²) in [5.74, 6) is -1.79. The second kappa shape index (κ2) is 6.22. The minimum Gasteiger partial charge on any atom is -0.384 e. The lowest BCUT2D eigenvalue weighted by Gasteiger charge is -2.41. The number of rotatable bonds is 2. The van der Waals surface area contributed by atoms with E-state index in [-0.39, 0.29) is 17.3 Å². The average molecular weight is 390 g/mol. The van der Waals surface area contributed by atoms with E-state index in [0.717, 1.165) is 17.9 Å². The molecule has 1 aromatic carbocycles. The number of carbonyl (C=O) groups is 1. The van der Waals surface area contributed by atoms with E-state index in [9.17, 15) is 31.1 Å². The number of primary amides is 1. The van der Waals surface area contributed by atoms with Crippen LogP contribution in [0.3, 0.4) is 0 Å². The lowest BCUT2D eigenvalue weighted by Crippen LogP contribution is -2.54. The van der Waals surface area contributed by atoms with E-state index in [0.29, 0.717) is 0 Å². The van der Waals surface area contributed by atoms with Gasteiger partial charge in [0.1, 0.15) is 11.9 Å². The van der Waals surface area contributed by atoms with Gasteiger partial charge in [0.2, 0.25) is 11.3 Å². The number of nitrogens with zero attached hydrogens (tertiary/aromatic N) is 2. The minimum absolute atomic E-state index is 0.0527. The Morgan fingerprint density at radius 2 is 1.59 bits per heavy atom. The molecule has 0 saturated heterocycles. The Labute approximate surface area is 149 Å². The first kappa shape index (κ1) is 20.2. The van der Waals surface area contributed by atoms with E-state index in [1.165, 1.54) is 24.3 Å². The van der Waals surface area contributed by atoms with Crippen molar-refractivity contribution in [1.82, 2.24) is 0 Å². The average Bonchev–Trinajstić information content (AvgIpc) is 2.52. The van der Waals surface area contributed by atoms with Gasteiger partial charge in [0, 0.05) is 16.9 Å². The smallest absolute Gasteiger partial charge is 0.384 e. The molecule has 5 nitrogen and oxygen atoms in total. The molecule has 0 radical (unpaired) electrons. The molecule has 1 aliphatic heterocycles. The molecule has 4 N–H and O–H groups in total. The van der Waals surface area contributed by atoms with Gasteiger partial charge in [-0.2, -0.15) is 31.6 Å². The van der Waals surface area contributed by atoms with Gasteiger partial charge in [0.25, 0.3) is 0 Å². The summed E-state index contributed by atoms with van der Waals surface area (Å²) in [7, 11) is 0. The van der Waals surface area contributed by atoms with Crippen LogP contribution in [-0.4, -0.2) is 18.3 Å². The minimum atomic E-state index is -5.84. The molecule has 1 aliphatic rings. The van der Waals surface area contributed by atoms with Crippen molar-refractivity contribution < 1.29 is 31.1 Å². The second-order valence-electron chi connectivity index (χ2n) is 5.71. The lowest BCUT2D eigenvalue weighted by atomic mass is 9.75. The van der Waals surface area contributed by atoms with E-state index in [2.05, 4.69) is 0 Å². The topological polar surface area (TPSA) is 96.1 Å². The summed E-state index contributed by atoms with van der Waals surface area (Å²) < 4.78 is 80.8. The van der Waals surface area contributed by atoms with Gasteiger partial charge in [-0.1, -0.05) is 0 Å². The molecular formula is C16H12F6N4O. The molecule has 1 heterocycles. The monoisotopic (exact) mass is 390 g/mol. The lowest BCUT2D eigenvalue weighted by molar-refractivity contribution is -0.306. The van der Waals surface area contributed by atoms with Gasteiger partial charge >= 0.3 is 12.4 Å². The number of hydrogen-bond donors (Lipinski definition) is 2. The molecule has 0 saturated carbocycles. The van der Waals surface area contributed by atoms with Crippen molar-refractivity contribution >= 4 is 11.6 Å². The molecule has 0 spiro atoms. The third kappa shape index (κ3) is 2.97. The molecule has 0 fully saturated rings.